The van der Waals surface area contributed by atoms with Crippen LogP contribution in [0.5, 0.6) is 0 Å². The Balaban J connectivity index is 1.85. The van der Waals surface area contributed by atoms with Gasteiger partial charge in [0.2, 0.25) is 5.91 Å². The van der Waals surface area contributed by atoms with Crippen molar-refractivity contribution in [3.8, 4) is 0 Å². The lowest BCUT2D eigenvalue weighted by molar-refractivity contribution is -0.137. The van der Waals surface area contributed by atoms with E-state index in [4.69, 9.17) is 16.3 Å². The van der Waals surface area contributed by atoms with E-state index in [2.05, 4.69) is 10.3 Å². The number of hydrogen-bond donors (Lipinski definition) is 1. The van der Waals surface area contributed by atoms with Crippen molar-refractivity contribution in [1.82, 2.24) is 9.55 Å². The zero-order chi connectivity index (χ0) is 23.5. The van der Waals surface area contributed by atoms with Crippen molar-refractivity contribution in [3.63, 3.8) is 0 Å². The van der Waals surface area contributed by atoms with Gasteiger partial charge in [-0.15, -0.1) is 0 Å². The quantitative estimate of drug-likeness (QED) is 0.376. The topological polar surface area (TPSA) is 73.2 Å². The second-order valence-corrected chi connectivity index (χ2v) is 8.27. The Morgan fingerprint density at radius 1 is 1.28 bits per heavy atom. The van der Waals surface area contributed by atoms with Crippen LogP contribution in [-0.4, -0.2) is 34.9 Å². The molecular weight excluding hydrogens is 467 g/mol. The summed E-state index contributed by atoms with van der Waals surface area (Å²) in [6, 6.07) is 9.16. The van der Waals surface area contributed by atoms with Gasteiger partial charge in [0.15, 0.2) is 5.16 Å². The molecule has 1 heterocycles. The second-order valence-electron chi connectivity index (χ2n) is 6.92. The van der Waals surface area contributed by atoms with Crippen LogP contribution in [0.4, 0.5) is 18.9 Å². The number of anilines is 1. The highest BCUT2D eigenvalue weighted by Gasteiger charge is 2.31. The zero-order valence-electron chi connectivity index (χ0n) is 17.1. The Kier molecular flexibility index (Phi) is 7.47. The molecule has 1 amide bonds. The third-order valence-electron chi connectivity index (χ3n) is 4.52. The number of halogens is 4. The first kappa shape index (κ1) is 24.1. The molecule has 0 aliphatic carbocycles. The van der Waals surface area contributed by atoms with Gasteiger partial charge in [-0.3, -0.25) is 14.2 Å². The predicted octanol–water partition coefficient (Wildman–Crippen LogP) is 5.01. The number of alkyl halides is 3. The lowest BCUT2D eigenvalue weighted by Crippen LogP contribution is -2.29. The fourth-order valence-corrected chi connectivity index (χ4v) is 4.11. The standard InChI is InChI=1S/C21H19ClF3N3O3S/c1-12(10-31-2)28-19(30)14-5-3-4-6-16(14)27-20(28)32-11-18(29)26-17-9-13(21(23,24)25)7-8-15(17)22/h3-9,12H,10-11H2,1-2H3,(H,26,29)/t12-/m0/s1. The van der Waals surface area contributed by atoms with E-state index in [0.717, 1.165) is 30.0 Å². The minimum Gasteiger partial charge on any atom is -0.383 e. The molecule has 11 heteroatoms. The van der Waals surface area contributed by atoms with Crippen LogP contribution in [0, 0.1) is 0 Å². The number of thioether (sulfide) groups is 1. The van der Waals surface area contributed by atoms with Gasteiger partial charge in [0.05, 0.1) is 45.6 Å². The lowest BCUT2D eigenvalue weighted by atomic mass is 10.2. The maximum Gasteiger partial charge on any atom is 0.416 e. The summed E-state index contributed by atoms with van der Waals surface area (Å²) in [5.41, 5.74) is -0.877. The zero-order valence-corrected chi connectivity index (χ0v) is 18.6. The molecule has 170 valence electrons. The number of methoxy groups -OCH3 is 1. The first-order valence-corrected chi connectivity index (χ1v) is 10.8. The first-order valence-electron chi connectivity index (χ1n) is 9.41. The number of fused-ring (bicyclic) bond motifs is 1. The summed E-state index contributed by atoms with van der Waals surface area (Å²) >= 11 is 6.93. The number of aromatic nitrogens is 2. The fourth-order valence-electron chi connectivity index (χ4n) is 3.05. The molecule has 2 aromatic carbocycles. The second kappa shape index (κ2) is 9.93. The van der Waals surface area contributed by atoms with E-state index < -0.39 is 17.6 Å². The molecular formula is C21H19ClF3N3O3S. The van der Waals surface area contributed by atoms with Crippen molar-refractivity contribution in [2.45, 2.75) is 24.3 Å². The monoisotopic (exact) mass is 485 g/mol. The maximum absolute atomic E-state index is 13.0. The molecule has 3 rings (SSSR count). The summed E-state index contributed by atoms with van der Waals surface area (Å²) in [5.74, 6) is -0.790. The molecule has 32 heavy (non-hydrogen) atoms. The predicted molar refractivity (Wildman–Crippen MR) is 118 cm³/mol. The van der Waals surface area contributed by atoms with Gasteiger partial charge in [0, 0.05) is 7.11 Å². The van der Waals surface area contributed by atoms with Crippen LogP contribution >= 0.6 is 23.4 Å². The normalized spacial score (nSPS) is 12.7. The van der Waals surface area contributed by atoms with Crippen molar-refractivity contribution >= 4 is 45.9 Å². The van der Waals surface area contributed by atoms with Crippen molar-refractivity contribution in [3.05, 3.63) is 63.4 Å². The summed E-state index contributed by atoms with van der Waals surface area (Å²) in [4.78, 5) is 29.9. The van der Waals surface area contributed by atoms with E-state index in [1.807, 2.05) is 0 Å². The molecule has 0 spiro atoms. The van der Waals surface area contributed by atoms with Gasteiger partial charge in [-0.1, -0.05) is 35.5 Å². The number of amides is 1. The molecule has 1 N–H and O–H groups in total. The number of benzene rings is 2. The van der Waals surface area contributed by atoms with Gasteiger partial charge in [-0.2, -0.15) is 13.2 Å². The van der Waals surface area contributed by atoms with E-state index in [-0.39, 0.29) is 34.7 Å². The summed E-state index contributed by atoms with van der Waals surface area (Å²) < 4.78 is 45.4. The Hall–Kier alpha value is -2.56. The van der Waals surface area contributed by atoms with Gasteiger partial charge in [-0.25, -0.2) is 4.98 Å². The minimum absolute atomic E-state index is 0.0224. The van der Waals surface area contributed by atoms with Crippen LogP contribution in [0.1, 0.15) is 18.5 Å². The van der Waals surface area contributed by atoms with Crippen LogP contribution in [-0.2, 0) is 15.7 Å². The molecule has 0 fully saturated rings. The van der Waals surface area contributed by atoms with Crippen molar-refractivity contribution in [1.29, 1.82) is 0 Å². The van der Waals surface area contributed by atoms with Gasteiger partial charge < -0.3 is 10.1 Å². The summed E-state index contributed by atoms with van der Waals surface area (Å²) in [7, 11) is 1.51. The average Bonchev–Trinajstić information content (AvgIpc) is 2.73. The number of ether oxygens (including phenoxy) is 1. The Bertz CT molecular complexity index is 1200. The Morgan fingerprint density at radius 3 is 2.69 bits per heavy atom. The molecule has 1 aromatic heterocycles. The van der Waals surface area contributed by atoms with Gasteiger partial charge >= 0.3 is 6.18 Å². The highest BCUT2D eigenvalue weighted by Crippen LogP contribution is 2.34. The van der Waals surface area contributed by atoms with Crippen molar-refractivity contribution < 1.29 is 22.7 Å². The van der Waals surface area contributed by atoms with Crippen LogP contribution in [0.3, 0.4) is 0 Å². The third kappa shape index (κ3) is 5.43. The largest absolute Gasteiger partial charge is 0.416 e. The molecule has 6 nitrogen and oxygen atoms in total. The molecule has 0 bridgehead atoms. The van der Waals surface area contributed by atoms with Crippen molar-refractivity contribution in [2.75, 3.05) is 24.8 Å². The number of hydrogen-bond acceptors (Lipinski definition) is 5. The smallest absolute Gasteiger partial charge is 0.383 e. The van der Waals surface area contributed by atoms with E-state index in [1.54, 1.807) is 31.2 Å². The summed E-state index contributed by atoms with van der Waals surface area (Å²) in [5, 5.41) is 3.09. The van der Waals surface area contributed by atoms with E-state index in [9.17, 15) is 22.8 Å². The number of nitrogens with one attached hydrogen (secondary N) is 1. The number of nitrogens with zero attached hydrogens (tertiary/aromatic N) is 2. The lowest BCUT2D eigenvalue weighted by Gasteiger charge is -2.19. The summed E-state index contributed by atoms with van der Waals surface area (Å²) in [6.07, 6.45) is -4.57. The molecule has 0 radical (unpaired) electrons. The molecule has 1 atom stereocenters. The first-order chi connectivity index (χ1) is 15.1. The average molecular weight is 486 g/mol. The van der Waals surface area contributed by atoms with E-state index in [0.29, 0.717) is 16.1 Å². The number of carbonyl (C=O) groups is 1. The van der Waals surface area contributed by atoms with Crippen molar-refractivity contribution in [2.24, 2.45) is 0 Å². The number of para-hydroxylation sites is 1. The molecule has 0 aliphatic rings. The number of carbonyl (C=O) groups excluding carboxylic acids is 1. The van der Waals surface area contributed by atoms with E-state index in [1.165, 1.54) is 11.7 Å². The van der Waals surface area contributed by atoms with Crippen LogP contribution < -0.4 is 10.9 Å². The van der Waals surface area contributed by atoms with Crippen LogP contribution in [0.15, 0.2) is 52.4 Å². The maximum atomic E-state index is 13.0. The molecule has 3 aromatic rings. The van der Waals surface area contributed by atoms with Gasteiger partial charge in [-0.05, 0) is 37.3 Å². The van der Waals surface area contributed by atoms with Gasteiger partial charge in [0.1, 0.15) is 0 Å². The minimum atomic E-state index is -4.57. The summed E-state index contributed by atoms with van der Waals surface area (Å²) in [6.45, 7) is 2.04. The van der Waals surface area contributed by atoms with Crippen LogP contribution in [0.2, 0.25) is 5.02 Å². The van der Waals surface area contributed by atoms with Gasteiger partial charge in [0.25, 0.3) is 5.56 Å². The molecule has 0 saturated carbocycles. The Morgan fingerprint density at radius 2 is 2.00 bits per heavy atom. The van der Waals surface area contributed by atoms with Crippen LogP contribution in [0.25, 0.3) is 10.9 Å². The molecule has 0 saturated heterocycles. The van der Waals surface area contributed by atoms with E-state index >= 15 is 0 Å². The highest BCUT2D eigenvalue weighted by molar-refractivity contribution is 7.99. The molecule has 0 aliphatic heterocycles. The fraction of sp³-hybridized carbons (Fsp3) is 0.286. The number of rotatable bonds is 7. The Labute approximate surface area is 190 Å². The SMILES string of the molecule is COC[C@H](C)n1c(SCC(=O)Nc2cc(C(F)(F)F)ccc2Cl)nc2ccccc2c1=O. The molecule has 0 unspecified atom stereocenters. The highest BCUT2D eigenvalue weighted by atomic mass is 35.5. The third-order valence-corrected chi connectivity index (χ3v) is 5.81.